The molecule has 3 aromatic rings. The Morgan fingerprint density at radius 2 is 1.86 bits per heavy atom. The van der Waals surface area contributed by atoms with Crippen LogP contribution < -0.4 is 10.1 Å². The number of benzene rings is 2. The Labute approximate surface area is 127 Å². The molecule has 1 N–H and O–H groups in total. The van der Waals surface area contributed by atoms with Crippen molar-refractivity contribution >= 4 is 11.6 Å². The van der Waals surface area contributed by atoms with Crippen LogP contribution in [0.1, 0.15) is 0 Å². The minimum absolute atomic E-state index is 0.309. The summed E-state index contributed by atoms with van der Waals surface area (Å²) >= 11 is 0. The molecule has 0 fully saturated rings. The minimum Gasteiger partial charge on any atom is -0.497 e. The second kappa shape index (κ2) is 6.22. The van der Waals surface area contributed by atoms with Gasteiger partial charge in [-0.2, -0.15) is 0 Å². The van der Waals surface area contributed by atoms with Gasteiger partial charge in [0.1, 0.15) is 11.6 Å². The molecule has 0 saturated carbocycles. The fourth-order valence-corrected chi connectivity index (χ4v) is 2.04. The van der Waals surface area contributed by atoms with Gasteiger partial charge in [0.15, 0.2) is 0 Å². The number of ether oxygens (including phenoxy) is 1. The summed E-state index contributed by atoms with van der Waals surface area (Å²) in [5.41, 5.74) is 2.33. The van der Waals surface area contributed by atoms with E-state index in [4.69, 9.17) is 4.74 Å². The summed E-state index contributed by atoms with van der Waals surface area (Å²) in [6.07, 6.45) is 1.66. The van der Waals surface area contributed by atoms with E-state index in [1.165, 1.54) is 12.1 Å². The van der Waals surface area contributed by atoms with Gasteiger partial charge in [0.2, 0.25) is 5.95 Å². The van der Waals surface area contributed by atoms with Crippen molar-refractivity contribution in [2.45, 2.75) is 0 Å². The van der Waals surface area contributed by atoms with Crippen molar-refractivity contribution in [3.63, 3.8) is 0 Å². The van der Waals surface area contributed by atoms with Gasteiger partial charge < -0.3 is 10.1 Å². The van der Waals surface area contributed by atoms with Crippen LogP contribution in [0.5, 0.6) is 5.75 Å². The van der Waals surface area contributed by atoms with Crippen LogP contribution in [0.15, 0.2) is 60.8 Å². The lowest BCUT2D eigenvalue weighted by Gasteiger charge is -2.07. The van der Waals surface area contributed by atoms with Crippen LogP contribution in [0, 0.1) is 5.82 Å². The van der Waals surface area contributed by atoms with Gasteiger partial charge in [-0.15, -0.1) is 0 Å². The first-order chi connectivity index (χ1) is 10.7. The number of nitrogens with zero attached hydrogens (tertiary/aromatic N) is 2. The normalized spacial score (nSPS) is 10.3. The summed E-state index contributed by atoms with van der Waals surface area (Å²) in [6.45, 7) is 0. The minimum atomic E-state index is -0.309. The average Bonchev–Trinajstić information content (AvgIpc) is 2.55. The number of rotatable bonds is 4. The molecule has 0 spiro atoms. The number of anilines is 2. The lowest BCUT2D eigenvalue weighted by molar-refractivity contribution is 0.415. The van der Waals surface area contributed by atoms with Crippen molar-refractivity contribution in [2.75, 3.05) is 12.4 Å². The second-order valence-electron chi connectivity index (χ2n) is 4.63. The smallest absolute Gasteiger partial charge is 0.227 e. The summed E-state index contributed by atoms with van der Waals surface area (Å²) in [7, 11) is 1.63. The fraction of sp³-hybridized carbons (Fsp3) is 0.0588. The number of halogens is 1. The Balaban J connectivity index is 1.85. The van der Waals surface area contributed by atoms with E-state index in [9.17, 15) is 4.39 Å². The third-order valence-electron chi connectivity index (χ3n) is 3.12. The van der Waals surface area contributed by atoms with Crippen molar-refractivity contribution in [2.24, 2.45) is 0 Å². The maximum Gasteiger partial charge on any atom is 0.227 e. The monoisotopic (exact) mass is 295 g/mol. The molecule has 0 unspecified atom stereocenters. The molecule has 0 aliphatic heterocycles. The molecule has 1 aromatic heterocycles. The van der Waals surface area contributed by atoms with Crippen molar-refractivity contribution in [1.82, 2.24) is 9.97 Å². The molecule has 3 rings (SSSR count). The largest absolute Gasteiger partial charge is 0.497 e. The molecule has 0 atom stereocenters. The van der Waals surface area contributed by atoms with E-state index in [-0.39, 0.29) is 5.82 Å². The van der Waals surface area contributed by atoms with E-state index >= 15 is 0 Å². The quantitative estimate of drug-likeness (QED) is 0.789. The number of hydrogen-bond acceptors (Lipinski definition) is 4. The first-order valence-corrected chi connectivity index (χ1v) is 6.75. The zero-order valence-corrected chi connectivity index (χ0v) is 12.0. The van der Waals surface area contributed by atoms with Crippen molar-refractivity contribution in [1.29, 1.82) is 0 Å². The molecule has 0 aliphatic rings. The number of methoxy groups -OCH3 is 1. The summed E-state index contributed by atoms with van der Waals surface area (Å²) in [6, 6.07) is 15.6. The predicted molar refractivity (Wildman–Crippen MR) is 83.7 cm³/mol. The molecule has 0 radical (unpaired) electrons. The van der Waals surface area contributed by atoms with Crippen LogP contribution in [0.2, 0.25) is 0 Å². The van der Waals surface area contributed by atoms with E-state index in [0.29, 0.717) is 11.6 Å². The predicted octanol–water partition coefficient (Wildman–Crippen LogP) is 4.03. The van der Waals surface area contributed by atoms with Crippen molar-refractivity contribution in [3.8, 4) is 17.0 Å². The van der Waals surface area contributed by atoms with Gasteiger partial charge in [-0.3, -0.25) is 0 Å². The summed E-state index contributed by atoms with van der Waals surface area (Å²) in [5, 5.41) is 2.99. The molecule has 1 heterocycles. The van der Waals surface area contributed by atoms with E-state index in [1.54, 1.807) is 25.4 Å². The molecule has 5 heteroatoms. The first kappa shape index (κ1) is 14.0. The highest BCUT2D eigenvalue weighted by molar-refractivity contribution is 5.62. The van der Waals surface area contributed by atoms with Crippen LogP contribution in [-0.2, 0) is 0 Å². The van der Waals surface area contributed by atoms with Gasteiger partial charge in [0.25, 0.3) is 0 Å². The van der Waals surface area contributed by atoms with Crippen LogP contribution in [0.25, 0.3) is 11.3 Å². The first-order valence-electron chi connectivity index (χ1n) is 6.75. The van der Waals surface area contributed by atoms with Crippen LogP contribution in [0.3, 0.4) is 0 Å². The average molecular weight is 295 g/mol. The van der Waals surface area contributed by atoms with Gasteiger partial charge >= 0.3 is 0 Å². The Kier molecular flexibility index (Phi) is 3.96. The number of nitrogens with one attached hydrogen (secondary N) is 1. The van der Waals surface area contributed by atoms with Crippen LogP contribution in [-0.4, -0.2) is 17.1 Å². The maximum atomic E-state index is 13.2. The molecule has 2 aromatic carbocycles. The van der Waals surface area contributed by atoms with Crippen molar-refractivity contribution < 1.29 is 9.13 Å². The van der Waals surface area contributed by atoms with Gasteiger partial charge in [0.05, 0.1) is 12.8 Å². The molecule has 0 bridgehead atoms. The highest BCUT2D eigenvalue weighted by Gasteiger charge is 2.04. The Morgan fingerprint density at radius 1 is 1.05 bits per heavy atom. The molecule has 0 aliphatic carbocycles. The van der Waals surface area contributed by atoms with Crippen LogP contribution in [0.4, 0.5) is 16.0 Å². The fourth-order valence-electron chi connectivity index (χ4n) is 2.04. The third-order valence-corrected chi connectivity index (χ3v) is 3.12. The van der Waals surface area contributed by atoms with E-state index in [0.717, 1.165) is 17.0 Å². The molecule has 0 saturated heterocycles. The summed E-state index contributed by atoms with van der Waals surface area (Å²) in [4.78, 5) is 8.59. The van der Waals surface area contributed by atoms with Gasteiger partial charge in [-0.05, 0) is 48.5 Å². The van der Waals surface area contributed by atoms with Gasteiger partial charge in [0, 0.05) is 17.4 Å². The Morgan fingerprint density at radius 3 is 2.59 bits per heavy atom. The van der Waals surface area contributed by atoms with E-state index < -0.39 is 0 Å². The zero-order valence-electron chi connectivity index (χ0n) is 12.0. The highest BCUT2D eigenvalue weighted by atomic mass is 19.1. The molecule has 110 valence electrons. The molecule has 0 amide bonds. The molecule has 22 heavy (non-hydrogen) atoms. The lowest BCUT2D eigenvalue weighted by Crippen LogP contribution is -1.98. The maximum absolute atomic E-state index is 13.2. The van der Waals surface area contributed by atoms with Gasteiger partial charge in [-0.1, -0.05) is 6.07 Å². The third kappa shape index (κ3) is 3.20. The van der Waals surface area contributed by atoms with Gasteiger partial charge in [-0.25, -0.2) is 14.4 Å². The van der Waals surface area contributed by atoms with Crippen molar-refractivity contribution in [3.05, 3.63) is 66.6 Å². The molecule has 4 nitrogen and oxygen atoms in total. The number of hydrogen-bond donors (Lipinski definition) is 1. The topological polar surface area (TPSA) is 47.0 Å². The zero-order chi connectivity index (χ0) is 15.4. The Bertz CT molecular complexity index is 775. The standard InChI is InChI=1S/C17H14FN3O/c1-22-15-7-5-12(6-8-15)16-9-10-19-17(21-16)20-14-4-2-3-13(18)11-14/h2-11H,1H3,(H,19,20,21). The molecular formula is C17H14FN3O. The summed E-state index contributed by atoms with van der Waals surface area (Å²) < 4.78 is 18.3. The van der Waals surface area contributed by atoms with E-state index in [2.05, 4.69) is 15.3 Å². The second-order valence-corrected chi connectivity index (χ2v) is 4.63. The van der Waals surface area contributed by atoms with Crippen LogP contribution >= 0.6 is 0 Å². The SMILES string of the molecule is COc1ccc(-c2ccnc(Nc3cccc(F)c3)n2)cc1. The molecular weight excluding hydrogens is 281 g/mol. The summed E-state index contributed by atoms with van der Waals surface area (Å²) in [5.74, 6) is 0.895. The number of aromatic nitrogens is 2. The highest BCUT2D eigenvalue weighted by Crippen LogP contribution is 2.22. The Hall–Kier alpha value is -2.95. The lowest BCUT2D eigenvalue weighted by atomic mass is 10.1. The van der Waals surface area contributed by atoms with E-state index in [1.807, 2.05) is 30.3 Å².